The fourth-order valence-electron chi connectivity index (χ4n) is 0.756. The lowest BCUT2D eigenvalue weighted by atomic mass is 10.2. The molecule has 0 amide bonds. The van der Waals surface area contributed by atoms with Crippen molar-refractivity contribution in [1.29, 1.82) is 5.26 Å². The first-order chi connectivity index (χ1) is 5.95. The van der Waals surface area contributed by atoms with Crippen molar-refractivity contribution >= 4 is 19.7 Å². The van der Waals surface area contributed by atoms with Crippen molar-refractivity contribution in [2.75, 3.05) is 0 Å². The molecule has 1 aromatic rings. The maximum Gasteiger partial charge on any atom is 0.261 e. The van der Waals surface area contributed by atoms with Crippen LogP contribution in [0.1, 0.15) is 5.56 Å². The first-order valence-corrected chi connectivity index (χ1v) is 5.44. The molecule has 0 aliphatic heterocycles. The average Bonchev–Trinajstić information content (AvgIpc) is 2.03. The van der Waals surface area contributed by atoms with E-state index in [4.69, 9.17) is 21.1 Å². The minimum Gasteiger partial charge on any atom is -0.507 e. The molecule has 1 rings (SSSR count). The number of halogens is 1. The van der Waals surface area contributed by atoms with Crippen LogP contribution in [0.3, 0.4) is 0 Å². The Bertz CT molecular complexity index is 475. The molecule has 0 bridgehead atoms. The summed E-state index contributed by atoms with van der Waals surface area (Å²) in [5.74, 6) is -0.272. The van der Waals surface area contributed by atoms with Crippen molar-refractivity contribution in [2.24, 2.45) is 0 Å². The third-order valence-corrected chi connectivity index (χ3v) is 2.72. The maximum absolute atomic E-state index is 10.8. The SMILES string of the molecule is N#Cc1cc(S(=O)(=O)Cl)ccc1O. The Morgan fingerprint density at radius 2 is 2.08 bits per heavy atom. The number of benzene rings is 1. The number of hydrogen-bond donors (Lipinski definition) is 1. The van der Waals surface area contributed by atoms with Gasteiger partial charge in [-0.25, -0.2) is 8.42 Å². The summed E-state index contributed by atoms with van der Waals surface area (Å²) in [4.78, 5) is -0.205. The van der Waals surface area contributed by atoms with Gasteiger partial charge in [0.2, 0.25) is 0 Å². The van der Waals surface area contributed by atoms with Gasteiger partial charge >= 0.3 is 0 Å². The van der Waals surface area contributed by atoms with Crippen LogP contribution in [0.25, 0.3) is 0 Å². The van der Waals surface area contributed by atoms with Crippen LogP contribution in [0.5, 0.6) is 5.75 Å². The van der Waals surface area contributed by atoms with Crippen LogP contribution < -0.4 is 0 Å². The Kier molecular flexibility index (Phi) is 2.45. The summed E-state index contributed by atoms with van der Waals surface area (Å²) >= 11 is 0. The fourth-order valence-corrected chi connectivity index (χ4v) is 1.53. The van der Waals surface area contributed by atoms with E-state index in [0.717, 1.165) is 18.2 Å². The van der Waals surface area contributed by atoms with Crippen LogP contribution in [0.2, 0.25) is 0 Å². The van der Waals surface area contributed by atoms with Crippen molar-refractivity contribution in [2.45, 2.75) is 4.90 Å². The first-order valence-electron chi connectivity index (χ1n) is 3.13. The van der Waals surface area contributed by atoms with Gasteiger partial charge in [-0.05, 0) is 18.2 Å². The average molecular weight is 218 g/mol. The van der Waals surface area contributed by atoms with Crippen LogP contribution in [-0.4, -0.2) is 13.5 Å². The number of hydrogen-bond acceptors (Lipinski definition) is 4. The van der Waals surface area contributed by atoms with E-state index in [2.05, 4.69) is 0 Å². The lowest BCUT2D eigenvalue weighted by Gasteiger charge is -1.98. The van der Waals surface area contributed by atoms with E-state index in [9.17, 15) is 8.42 Å². The minimum absolute atomic E-state index is 0.123. The highest BCUT2D eigenvalue weighted by Gasteiger charge is 2.12. The van der Waals surface area contributed by atoms with Gasteiger partial charge in [-0.3, -0.25) is 0 Å². The van der Waals surface area contributed by atoms with E-state index in [1.165, 1.54) is 0 Å². The Balaban J connectivity index is 3.41. The third-order valence-electron chi connectivity index (χ3n) is 1.37. The van der Waals surface area contributed by atoms with E-state index >= 15 is 0 Å². The molecule has 0 fully saturated rings. The largest absolute Gasteiger partial charge is 0.507 e. The molecule has 68 valence electrons. The molecular weight excluding hydrogens is 214 g/mol. The molecule has 6 heteroatoms. The fraction of sp³-hybridized carbons (Fsp3) is 0. The van der Waals surface area contributed by atoms with Gasteiger partial charge in [-0.2, -0.15) is 5.26 Å². The number of nitrogens with zero attached hydrogens (tertiary/aromatic N) is 1. The molecule has 0 radical (unpaired) electrons. The number of nitriles is 1. The van der Waals surface area contributed by atoms with Crippen LogP contribution in [0.4, 0.5) is 0 Å². The highest BCUT2D eigenvalue weighted by molar-refractivity contribution is 8.13. The summed E-state index contributed by atoms with van der Waals surface area (Å²) in [5.41, 5.74) is -0.123. The molecular formula is C7H4ClNO3S. The van der Waals surface area contributed by atoms with Crippen LogP contribution in [0.15, 0.2) is 23.1 Å². The zero-order valence-corrected chi connectivity index (χ0v) is 7.80. The van der Waals surface area contributed by atoms with Crippen LogP contribution >= 0.6 is 10.7 Å². The summed E-state index contributed by atoms with van der Waals surface area (Å²) in [6.07, 6.45) is 0. The lowest BCUT2D eigenvalue weighted by molar-refractivity contribution is 0.473. The monoisotopic (exact) mass is 217 g/mol. The molecule has 1 aromatic carbocycles. The Morgan fingerprint density at radius 3 is 2.54 bits per heavy atom. The smallest absolute Gasteiger partial charge is 0.261 e. The highest BCUT2D eigenvalue weighted by atomic mass is 35.7. The van der Waals surface area contributed by atoms with E-state index in [1.54, 1.807) is 6.07 Å². The van der Waals surface area contributed by atoms with Gasteiger partial charge in [-0.15, -0.1) is 0 Å². The van der Waals surface area contributed by atoms with E-state index in [-0.39, 0.29) is 16.2 Å². The quantitative estimate of drug-likeness (QED) is 0.717. The molecule has 4 nitrogen and oxygen atoms in total. The van der Waals surface area contributed by atoms with Gasteiger partial charge in [-0.1, -0.05) is 0 Å². The zero-order valence-electron chi connectivity index (χ0n) is 6.23. The molecule has 0 unspecified atom stereocenters. The molecule has 0 heterocycles. The van der Waals surface area contributed by atoms with E-state index < -0.39 is 9.05 Å². The Hall–Kier alpha value is -1.25. The molecule has 0 spiro atoms. The second-order valence-electron chi connectivity index (χ2n) is 2.23. The predicted octanol–water partition coefficient (Wildman–Crippen LogP) is 1.19. The zero-order chi connectivity index (χ0) is 10.1. The van der Waals surface area contributed by atoms with Crippen molar-refractivity contribution in [1.82, 2.24) is 0 Å². The molecule has 0 saturated heterocycles. The predicted molar refractivity (Wildman–Crippen MR) is 45.9 cm³/mol. The molecule has 0 aromatic heterocycles. The Morgan fingerprint density at radius 1 is 1.46 bits per heavy atom. The summed E-state index contributed by atoms with van der Waals surface area (Å²) in [5, 5.41) is 17.5. The summed E-state index contributed by atoms with van der Waals surface area (Å²) in [6, 6.07) is 4.87. The number of phenols is 1. The van der Waals surface area contributed by atoms with Crippen molar-refractivity contribution in [3.05, 3.63) is 23.8 Å². The summed E-state index contributed by atoms with van der Waals surface area (Å²) in [6.45, 7) is 0. The number of rotatable bonds is 1. The minimum atomic E-state index is -3.84. The molecule has 1 N–H and O–H groups in total. The molecule has 0 saturated carbocycles. The van der Waals surface area contributed by atoms with Crippen molar-refractivity contribution in [3.63, 3.8) is 0 Å². The highest BCUT2D eigenvalue weighted by Crippen LogP contribution is 2.22. The van der Waals surface area contributed by atoms with Crippen molar-refractivity contribution < 1.29 is 13.5 Å². The van der Waals surface area contributed by atoms with Crippen LogP contribution in [0, 0.1) is 11.3 Å². The van der Waals surface area contributed by atoms with E-state index in [1.807, 2.05) is 0 Å². The van der Waals surface area contributed by atoms with Crippen molar-refractivity contribution in [3.8, 4) is 11.8 Å². The lowest BCUT2D eigenvalue weighted by Crippen LogP contribution is -1.91. The van der Waals surface area contributed by atoms with Gasteiger partial charge in [0.25, 0.3) is 9.05 Å². The molecule has 0 atom stereocenters. The van der Waals surface area contributed by atoms with Gasteiger partial charge in [0.15, 0.2) is 0 Å². The van der Waals surface area contributed by atoms with Crippen LogP contribution in [-0.2, 0) is 9.05 Å². The molecule has 0 aliphatic carbocycles. The van der Waals surface area contributed by atoms with E-state index in [0.29, 0.717) is 0 Å². The Labute approximate surface area is 79.4 Å². The third kappa shape index (κ3) is 2.11. The standard InChI is InChI=1S/C7H4ClNO3S/c8-13(11,12)6-1-2-7(10)5(3-6)4-9/h1-3,10H. The maximum atomic E-state index is 10.8. The second kappa shape index (κ2) is 3.24. The van der Waals surface area contributed by atoms with Gasteiger partial charge in [0.1, 0.15) is 11.8 Å². The summed E-state index contributed by atoms with van der Waals surface area (Å²) in [7, 11) is 1.18. The normalized spacial score (nSPS) is 10.8. The topological polar surface area (TPSA) is 78.2 Å². The first kappa shape index (κ1) is 9.84. The number of aromatic hydroxyl groups is 1. The van der Waals surface area contributed by atoms with Gasteiger partial charge < -0.3 is 5.11 Å². The summed E-state index contributed by atoms with van der Waals surface area (Å²) < 4.78 is 21.6. The second-order valence-corrected chi connectivity index (χ2v) is 4.79. The number of phenolic OH excluding ortho intramolecular Hbond substituents is 1. The van der Waals surface area contributed by atoms with Gasteiger partial charge in [0.05, 0.1) is 10.5 Å². The molecule has 0 aliphatic rings. The molecule has 13 heavy (non-hydrogen) atoms. The van der Waals surface area contributed by atoms with Gasteiger partial charge in [0, 0.05) is 10.7 Å².